The summed E-state index contributed by atoms with van der Waals surface area (Å²) in [5.74, 6) is -0.121. The Balaban J connectivity index is 1.73. The van der Waals surface area contributed by atoms with Crippen LogP contribution < -0.4 is 11.1 Å². The van der Waals surface area contributed by atoms with Crippen LogP contribution in [0.5, 0.6) is 0 Å². The van der Waals surface area contributed by atoms with Gasteiger partial charge in [0, 0.05) is 5.38 Å². The maximum absolute atomic E-state index is 11.8. The summed E-state index contributed by atoms with van der Waals surface area (Å²) >= 11 is 1.51. The van der Waals surface area contributed by atoms with Gasteiger partial charge in [-0.3, -0.25) is 4.79 Å². The Hall–Kier alpha value is -1.72. The zero-order valence-electron chi connectivity index (χ0n) is 10.6. The predicted octanol–water partition coefficient (Wildman–Crippen LogP) is 1.72. The van der Waals surface area contributed by atoms with Crippen LogP contribution in [0.1, 0.15) is 17.7 Å². The number of carbonyl (C=O) groups is 1. The number of nitrogens with two attached hydrogens (primary N) is 1. The SMILES string of the molecule is NC(CCc1ccccc1)C(=O)NCc1cscn1. The number of nitrogens with one attached hydrogen (secondary N) is 1. The number of hydrogen-bond acceptors (Lipinski definition) is 4. The van der Waals surface area contributed by atoms with Gasteiger partial charge in [0.15, 0.2) is 0 Å². The molecule has 0 aliphatic rings. The number of nitrogens with zero attached hydrogens (tertiary/aromatic N) is 1. The molecule has 1 atom stereocenters. The van der Waals surface area contributed by atoms with Crippen molar-refractivity contribution in [2.24, 2.45) is 5.73 Å². The molecule has 3 N–H and O–H groups in total. The fourth-order valence-electron chi connectivity index (χ4n) is 1.73. The molecular formula is C14H17N3OS. The smallest absolute Gasteiger partial charge is 0.237 e. The fraction of sp³-hybridized carbons (Fsp3) is 0.286. The molecule has 0 fully saturated rings. The van der Waals surface area contributed by atoms with E-state index >= 15 is 0 Å². The lowest BCUT2D eigenvalue weighted by atomic mass is 10.1. The Morgan fingerprint density at radius 3 is 2.84 bits per heavy atom. The molecule has 0 aliphatic heterocycles. The van der Waals surface area contributed by atoms with Crippen molar-refractivity contribution >= 4 is 17.2 Å². The minimum Gasteiger partial charge on any atom is -0.349 e. The van der Waals surface area contributed by atoms with Crippen molar-refractivity contribution in [3.8, 4) is 0 Å². The minimum atomic E-state index is -0.473. The second-order valence-corrected chi connectivity index (χ2v) is 5.05. The van der Waals surface area contributed by atoms with Crippen LogP contribution in [0.15, 0.2) is 41.2 Å². The molecule has 1 unspecified atom stereocenters. The first kappa shape index (κ1) is 13.7. The molecule has 0 saturated carbocycles. The van der Waals surface area contributed by atoms with Crippen molar-refractivity contribution in [3.05, 3.63) is 52.5 Å². The molecular weight excluding hydrogens is 258 g/mol. The van der Waals surface area contributed by atoms with E-state index in [4.69, 9.17) is 5.73 Å². The molecule has 5 heteroatoms. The van der Waals surface area contributed by atoms with Crippen LogP contribution in [0.4, 0.5) is 0 Å². The third-order valence-corrected chi connectivity index (χ3v) is 3.49. The molecule has 0 radical (unpaired) electrons. The summed E-state index contributed by atoms with van der Waals surface area (Å²) in [5, 5.41) is 4.71. The third-order valence-electron chi connectivity index (χ3n) is 2.85. The van der Waals surface area contributed by atoms with E-state index in [1.54, 1.807) is 5.51 Å². The summed E-state index contributed by atoms with van der Waals surface area (Å²) < 4.78 is 0. The van der Waals surface area contributed by atoms with E-state index in [1.165, 1.54) is 16.9 Å². The van der Waals surface area contributed by atoms with Crippen molar-refractivity contribution in [2.45, 2.75) is 25.4 Å². The van der Waals surface area contributed by atoms with E-state index < -0.39 is 6.04 Å². The van der Waals surface area contributed by atoms with E-state index in [0.717, 1.165) is 12.1 Å². The first-order valence-electron chi connectivity index (χ1n) is 6.20. The van der Waals surface area contributed by atoms with Crippen molar-refractivity contribution in [1.82, 2.24) is 10.3 Å². The number of amides is 1. The molecule has 2 aromatic rings. The molecule has 0 spiro atoms. The number of aromatic nitrogens is 1. The Morgan fingerprint density at radius 1 is 1.37 bits per heavy atom. The van der Waals surface area contributed by atoms with Gasteiger partial charge in [0.05, 0.1) is 23.8 Å². The molecule has 2 rings (SSSR count). The fourth-order valence-corrected chi connectivity index (χ4v) is 2.29. The van der Waals surface area contributed by atoms with Gasteiger partial charge in [-0.15, -0.1) is 11.3 Å². The highest BCUT2D eigenvalue weighted by atomic mass is 32.1. The van der Waals surface area contributed by atoms with Gasteiger partial charge in [0.2, 0.25) is 5.91 Å². The average Bonchev–Trinajstić information content (AvgIpc) is 2.96. The lowest BCUT2D eigenvalue weighted by molar-refractivity contribution is -0.122. The van der Waals surface area contributed by atoms with Crippen LogP contribution in [0, 0.1) is 0 Å². The minimum absolute atomic E-state index is 0.121. The molecule has 19 heavy (non-hydrogen) atoms. The molecule has 0 bridgehead atoms. The summed E-state index contributed by atoms with van der Waals surface area (Å²) in [5.41, 5.74) is 9.69. The first-order valence-corrected chi connectivity index (χ1v) is 7.14. The molecule has 1 aromatic carbocycles. The third kappa shape index (κ3) is 4.46. The molecule has 100 valence electrons. The van der Waals surface area contributed by atoms with E-state index in [0.29, 0.717) is 13.0 Å². The average molecular weight is 275 g/mol. The van der Waals surface area contributed by atoms with Crippen molar-refractivity contribution in [1.29, 1.82) is 0 Å². The summed E-state index contributed by atoms with van der Waals surface area (Å²) in [4.78, 5) is 15.9. The summed E-state index contributed by atoms with van der Waals surface area (Å²) in [6.07, 6.45) is 1.46. The number of benzene rings is 1. The Kier molecular flexibility index (Phi) is 5.06. The van der Waals surface area contributed by atoms with Crippen molar-refractivity contribution in [2.75, 3.05) is 0 Å². The van der Waals surface area contributed by atoms with Crippen LogP contribution in [-0.2, 0) is 17.8 Å². The van der Waals surface area contributed by atoms with Crippen LogP contribution in [-0.4, -0.2) is 16.9 Å². The Bertz CT molecular complexity index is 499. The molecule has 0 aliphatic carbocycles. The summed E-state index contributed by atoms with van der Waals surface area (Å²) in [7, 11) is 0. The standard InChI is InChI=1S/C14H17N3OS/c15-13(7-6-11-4-2-1-3-5-11)14(18)16-8-12-9-19-10-17-12/h1-5,9-10,13H,6-8,15H2,(H,16,18). The maximum atomic E-state index is 11.8. The largest absolute Gasteiger partial charge is 0.349 e. The molecule has 4 nitrogen and oxygen atoms in total. The quantitative estimate of drug-likeness (QED) is 0.843. The lowest BCUT2D eigenvalue weighted by Gasteiger charge is -2.11. The van der Waals surface area contributed by atoms with E-state index in [-0.39, 0.29) is 5.91 Å². The van der Waals surface area contributed by atoms with Crippen molar-refractivity contribution in [3.63, 3.8) is 0 Å². The monoisotopic (exact) mass is 275 g/mol. The van der Waals surface area contributed by atoms with Gasteiger partial charge in [0.25, 0.3) is 0 Å². The van der Waals surface area contributed by atoms with E-state index in [1.807, 2.05) is 35.7 Å². The molecule has 1 heterocycles. The van der Waals surface area contributed by atoms with Crippen LogP contribution >= 0.6 is 11.3 Å². The van der Waals surface area contributed by atoms with Gasteiger partial charge in [-0.1, -0.05) is 30.3 Å². The van der Waals surface area contributed by atoms with Gasteiger partial charge < -0.3 is 11.1 Å². The number of hydrogen-bond donors (Lipinski definition) is 2. The molecule has 1 amide bonds. The second-order valence-electron chi connectivity index (χ2n) is 4.33. The van der Waals surface area contributed by atoms with Crippen molar-refractivity contribution < 1.29 is 4.79 Å². The zero-order valence-corrected chi connectivity index (χ0v) is 11.4. The topological polar surface area (TPSA) is 68.0 Å². The lowest BCUT2D eigenvalue weighted by Crippen LogP contribution is -2.40. The number of thiazole rings is 1. The Labute approximate surface area is 116 Å². The maximum Gasteiger partial charge on any atom is 0.237 e. The van der Waals surface area contributed by atoms with Gasteiger partial charge >= 0.3 is 0 Å². The summed E-state index contributed by atoms with van der Waals surface area (Å²) in [6.45, 7) is 0.446. The van der Waals surface area contributed by atoms with Gasteiger partial charge in [0.1, 0.15) is 0 Å². The second kappa shape index (κ2) is 7.01. The summed E-state index contributed by atoms with van der Waals surface area (Å²) in [6, 6.07) is 9.56. The zero-order chi connectivity index (χ0) is 13.5. The van der Waals surface area contributed by atoms with E-state index in [2.05, 4.69) is 10.3 Å². The van der Waals surface area contributed by atoms with Crippen LogP contribution in [0.2, 0.25) is 0 Å². The Morgan fingerprint density at radius 2 is 2.16 bits per heavy atom. The number of aryl methyl sites for hydroxylation is 1. The first-order chi connectivity index (χ1) is 9.25. The highest BCUT2D eigenvalue weighted by Gasteiger charge is 2.13. The highest BCUT2D eigenvalue weighted by Crippen LogP contribution is 2.04. The number of carbonyl (C=O) groups excluding carboxylic acids is 1. The van der Waals surface area contributed by atoms with Gasteiger partial charge in [-0.25, -0.2) is 4.98 Å². The number of rotatable bonds is 6. The predicted molar refractivity (Wildman–Crippen MR) is 76.7 cm³/mol. The molecule has 1 aromatic heterocycles. The van der Waals surface area contributed by atoms with Crippen LogP contribution in [0.3, 0.4) is 0 Å². The van der Waals surface area contributed by atoms with Gasteiger partial charge in [-0.2, -0.15) is 0 Å². The highest BCUT2D eigenvalue weighted by molar-refractivity contribution is 7.07. The van der Waals surface area contributed by atoms with Crippen LogP contribution in [0.25, 0.3) is 0 Å². The van der Waals surface area contributed by atoms with E-state index in [9.17, 15) is 4.79 Å². The van der Waals surface area contributed by atoms with Gasteiger partial charge in [-0.05, 0) is 18.4 Å². The molecule has 0 saturated heterocycles. The normalized spacial score (nSPS) is 12.1.